The Labute approximate surface area is 124 Å². The minimum absolute atomic E-state index is 0.0308. The van der Waals surface area contributed by atoms with Gasteiger partial charge in [-0.25, -0.2) is 0 Å². The minimum atomic E-state index is -0.149. The van der Waals surface area contributed by atoms with E-state index in [9.17, 15) is 15.0 Å². The van der Waals surface area contributed by atoms with E-state index in [4.69, 9.17) is 0 Å². The zero-order valence-corrected chi connectivity index (χ0v) is 12.1. The lowest BCUT2D eigenvalue weighted by Gasteiger charge is -2.49. The third-order valence-corrected chi connectivity index (χ3v) is 4.78. The van der Waals surface area contributed by atoms with Crippen molar-refractivity contribution < 1.29 is 15.0 Å². The van der Waals surface area contributed by atoms with Gasteiger partial charge in [0.15, 0.2) is 0 Å². The highest BCUT2D eigenvalue weighted by Gasteiger charge is 2.42. The van der Waals surface area contributed by atoms with Crippen molar-refractivity contribution in [2.45, 2.75) is 37.6 Å². The van der Waals surface area contributed by atoms with Gasteiger partial charge in [-0.05, 0) is 25.0 Å². The van der Waals surface area contributed by atoms with E-state index < -0.39 is 0 Å². The quantitative estimate of drug-likeness (QED) is 0.738. The monoisotopic (exact) mass is 290 g/mol. The Morgan fingerprint density at radius 3 is 2.67 bits per heavy atom. The lowest BCUT2D eigenvalue weighted by atomic mass is 9.78. The number of phenols is 2. The van der Waals surface area contributed by atoms with Crippen molar-refractivity contribution in [1.82, 2.24) is 10.2 Å². The summed E-state index contributed by atoms with van der Waals surface area (Å²) in [7, 11) is 0. The number of piperazine rings is 1. The lowest BCUT2D eigenvalue weighted by Crippen LogP contribution is -2.63. The molecular formula is C16H22N2O3. The summed E-state index contributed by atoms with van der Waals surface area (Å²) < 4.78 is 0. The molecule has 0 unspecified atom stereocenters. The summed E-state index contributed by atoms with van der Waals surface area (Å²) in [6, 6.07) is 4.18. The highest BCUT2D eigenvalue weighted by atomic mass is 16.3. The molecule has 1 spiro atoms. The van der Waals surface area contributed by atoms with Gasteiger partial charge in [0, 0.05) is 25.7 Å². The number of hydrogen-bond donors (Lipinski definition) is 3. The number of aromatic hydroxyl groups is 2. The van der Waals surface area contributed by atoms with Gasteiger partial charge in [-0.2, -0.15) is 0 Å². The molecule has 114 valence electrons. The van der Waals surface area contributed by atoms with Crippen molar-refractivity contribution in [2.24, 2.45) is 0 Å². The molecule has 2 aliphatic rings. The lowest BCUT2D eigenvalue weighted by molar-refractivity contribution is 0.0220. The van der Waals surface area contributed by atoms with E-state index in [2.05, 4.69) is 5.32 Å². The van der Waals surface area contributed by atoms with E-state index in [1.165, 1.54) is 24.6 Å². The van der Waals surface area contributed by atoms with Crippen molar-refractivity contribution in [1.29, 1.82) is 0 Å². The first kappa shape index (κ1) is 14.2. The topological polar surface area (TPSA) is 72.8 Å². The van der Waals surface area contributed by atoms with Crippen LogP contribution in [0.4, 0.5) is 0 Å². The van der Waals surface area contributed by atoms with Crippen molar-refractivity contribution >= 4 is 5.91 Å². The number of benzene rings is 1. The van der Waals surface area contributed by atoms with Crippen LogP contribution >= 0.6 is 0 Å². The van der Waals surface area contributed by atoms with E-state index in [1.54, 1.807) is 0 Å². The molecule has 0 radical (unpaired) electrons. The van der Waals surface area contributed by atoms with E-state index in [0.717, 1.165) is 38.8 Å². The molecule has 2 fully saturated rings. The molecule has 1 saturated carbocycles. The van der Waals surface area contributed by atoms with Crippen LogP contribution in [0, 0.1) is 0 Å². The number of hydrogen-bond acceptors (Lipinski definition) is 4. The minimum Gasteiger partial charge on any atom is -0.508 e. The van der Waals surface area contributed by atoms with Crippen LogP contribution in [0.5, 0.6) is 11.5 Å². The SMILES string of the molecule is O=C(c1ccc(O)cc1O)N1CCNCC12CCCCC2. The third-order valence-electron chi connectivity index (χ3n) is 4.78. The van der Waals surface area contributed by atoms with Gasteiger partial charge in [-0.15, -0.1) is 0 Å². The smallest absolute Gasteiger partial charge is 0.258 e. The highest BCUT2D eigenvalue weighted by molar-refractivity contribution is 5.97. The summed E-state index contributed by atoms with van der Waals surface area (Å²) >= 11 is 0. The molecule has 0 aromatic heterocycles. The van der Waals surface area contributed by atoms with Gasteiger partial charge in [0.2, 0.25) is 0 Å². The van der Waals surface area contributed by atoms with Gasteiger partial charge in [0.1, 0.15) is 11.5 Å². The predicted octanol–water partition coefficient (Wildman–Crippen LogP) is 1.85. The second-order valence-corrected chi connectivity index (χ2v) is 6.12. The molecular weight excluding hydrogens is 268 g/mol. The molecule has 3 rings (SSSR count). The Bertz CT molecular complexity index is 530. The van der Waals surface area contributed by atoms with Gasteiger partial charge in [-0.1, -0.05) is 19.3 Å². The number of rotatable bonds is 1. The zero-order valence-electron chi connectivity index (χ0n) is 12.1. The fraction of sp³-hybridized carbons (Fsp3) is 0.562. The first-order valence-corrected chi connectivity index (χ1v) is 7.67. The van der Waals surface area contributed by atoms with Crippen molar-refractivity contribution in [3.05, 3.63) is 23.8 Å². The van der Waals surface area contributed by atoms with Crippen molar-refractivity contribution in [3.8, 4) is 11.5 Å². The molecule has 1 amide bonds. The number of nitrogens with one attached hydrogen (secondary N) is 1. The molecule has 0 bridgehead atoms. The predicted molar refractivity (Wildman–Crippen MR) is 79.5 cm³/mol. The molecule has 5 nitrogen and oxygen atoms in total. The second kappa shape index (κ2) is 5.56. The maximum atomic E-state index is 12.9. The van der Waals surface area contributed by atoms with Gasteiger partial charge in [0.25, 0.3) is 5.91 Å². The Balaban J connectivity index is 1.90. The average Bonchev–Trinajstić information content (AvgIpc) is 2.48. The van der Waals surface area contributed by atoms with E-state index in [1.807, 2.05) is 4.90 Å². The van der Waals surface area contributed by atoms with Crippen LogP contribution in [0.1, 0.15) is 42.5 Å². The van der Waals surface area contributed by atoms with Gasteiger partial charge in [0.05, 0.1) is 11.1 Å². The van der Waals surface area contributed by atoms with Crippen LogP contribution < -0.4 is 5.32 Å². The standard InChI is InChI=1S/C16H22N2O3/c19-12-4-5-13(14(20)10-12)15(21)18-9-8-17-11-16(18)6-2-1-3-7-16/h4-5,10,17,19-20H,1-3,6-9,11H2. The third kappa shape index (κ3) is 2.58. The summed E-state index contributed by atoms with van der Waals surface area (Å²) in [6.45, 7) is 2.28. The first-order chi connectivity index (χ1) is 10.1. The van der Waals surface area contributed by atoms with Gasteiger partial charge in [-0.3, -0.25) is 4.79 Å². The molecule has 1 aliphatic carbocycles. The maximum absolute atomic E-state index is 12.9. The number of carbonyl (C=O) groups is 1. The van der Waals surface area contributed by atoms with Crippen molar-refractivity contribution in [3.63, 3.8) is 0 Å². The van der Waals surface area contributed by atoms with E-state index >= 15 is 0 Å². The largest absolute Gasteiger partial charge is 0.508 e. The Kier molecular flexibility index (Phi) is 3.76. The fourth-order valence-corrected chi connectivity index (χ4v) is 3.66. The summed E-state index contributed by atoms with van der Waals surface area (Å²) in [5.41, 5.74) is 0.164. The summed E-state index contributed by atoms with van der Waals surface area (Å²) in [6.07, 6.45) is 5.56. The molecule has 1 aliphatic heterocycles. The van der Waals surface area contributed by atoms with Crippen molar-refractivity contribution in [2.75, 3.05) is 19.6 Å². The molecule has 0 atom stereocenters. The highest BCUT2D eigenvalue weighted by Crippen LogP contribution is 2.36. The zero-order chi connectivity index (χ0) is 14.9. The van der Waals surface area contributed by atoms with Crippen LogP contribution in [0.3, 0.4) is 0 Å². The van der Waals surface area contributed by atoms with Crippen LogP contribution in [0.15, 0.2) is 18.2 Å². The fourth-order valence-electron chi connectivity index (χ4n) is 3.66. The van der Waals surface area contributed by atoms with Crippen LogP contribution in [-0.2, 0) is 0 Å². The summed E-state index contributed by atoms with van der Waals surface area (Å²) in [5, 5.41) is 22.7. The van der Waals surface area contributed by atoms with E-state index in [0.29, 0.717) is 6.54 Å². The average molecular weight is 290 g/mol. The number of carbonyl (C=O) groups excluding carboxylic acids is 1. The normalized spacial score (nSPS) is 21.4. The Hall–Kier alpha value is -1.75. The molecule has 21 heavy (non-hydrogen) atoms. The number of nitrogens with zero attached hydrogens (tertiary/aromatic N) is 1. The summed E-state index contributed by atoms with van der Waals surface area (Å²) in [4.78, 5) is 14.8. The first-order valence-electron chi connectivity index (χ1n) is 7.67. The summed E-state index contributed by atoms with van der Waals surface area (Å²) in [5.74, 6) is -0.308. The Morgan fingerprint density at radius 1 is 1.19 bits per heavy atom. The molecule has 1 aromatic carbocycles. The van der Waals surface area contributed by atoms with E-state index in [-0.39, 0.29) is 28.5 Å². The Morgan fingerprint density at radius 2 is 1.95 bits per heavy atom. The van der Waals surface area contributed by atoms with Crippen LogP contribution in [0.2, 0.25) is 0 Å². The van der Waals surface area contributed by atoms with Crippen LogP contribution in [-0.4, -0.2) is 46.2 Å². The maximum Gasteiger partial charge on any atom is 0.258 e. The molecule has 1 saturated heterocycles. The number of phenolic OH excluding ortho intramolecular Hbond substituents is 2. The molecule has 5 heteroatoms. The molecule has 3 N–H and O–H groups in total. The number of amides is 1. The van der Waals surface area contributed by atoms with Crippen LogP contribution in [0.25, 0.3) is 0 Å². The van der Waals surface area contributed by atoms with Gasteiger partial charge < -0.3 is 20.4 Å². The molecule has 1 heterocycles. The molecule has 1 aromatic rings. The second-order valence-electron chi connectivity index (χ2n) is 6.12. The van der Waals surface area contributed by atoms with Gasteiger partial charge >= 0.3 is 0 Å².